The van der Waals surface area contributed by atoms with E-state index in [1.54, 1.807) is 14.2 Å². The minimum atomic E-state index is 0.237. The van der Waals surface area contributed by atoms with E-state index in [-0.39, 0.29) is 12.2 Å². The molecule has 2 rings (SSSR count). The summed E-state index contributed by atoms with van der Waals surface area (Å²) in [6.07, 6.45) is 5.26. The van der Waals surface area contributed by atoms with Gasteiger partial charge in [0.2, 0.25) is 0 Å². The van der Waals surface area contributed by atoms with Gasteiger partial charge in [-0.05, 0) is 25.7 Å². The lowest BCUT2D eigenvalue weighted by Crippen LogP contribution is -2.40. The van der Waals surface area contributed by atoms with Crippen LogP contribution in [0.4, 0.5) is 0 Å². The topological polar surface area (TPSA) is 47.7 Å². The van der Waals surface area contributed by atoms with Gasteiger partial charge in [-0.2, -0.15) is 0 Å². The van der Waals surface area contributed by atoms with Gasteiger partial charge in [0, 0.05) is 39.4 Å². The molecule has 0 aromatic rings. The Hall–Kier alpha value is -0.160. The number of likely N-dealkylation sites (tertiary alicyclic amines) is 1. The fourth-order valence-corrected chi connectivity index (χ4v) is 2.99. The number of nitrogens with two attached hydrogens (primary N) is 1. The highest BCUT2D eigenvalue weighted by Gasteiger charge is 2.37. The number of hydrogen-bond acceptors (Lipinski definition) is 4. The minimum absolute atomic E-state index is 0.237. The van der Waals surface area contributed by atoms with Crippen LogP contribution in [-0.4, -0.2) is 56.5 Å². The van der Waals surface area contributed by atoms with E-state index >= 15 is 0 Å². The lowest BCUT2D eigenvalue weighted by Gasteiger charge is -2.33. The Morgan fingerprint density at radius 3 is 1.88 bits per heavy atom. The first kappa shape index (κ1) is 12.3. The second kappa shape index (κ2) is 5.45. The molecule has 1 saturated carbocycles. The SMILES string of the molecule is COC1CN(C2CCC(N)CC2)CC1OC. The van der Waals surface area contributed by atoms with Gasteiger partial charge in [0.05, 0.1) is 12.2 Å². The van der Waals surface area contributed by atoms with Crippen molar-refractivity contribution in [2.45, 2.75) is 50.0 Å². The Balaban J connectivity index is 1.87. The van der Waals surface area contributed by atoms with E-state index < -0.39 is 0 Å². The molecule has 4 heteroatoms. The van der Waals surface area contributed by atoms with Crippen molar-refractivity contribution in [1.82, 2.24) is 4.90 Å². The molecular formula is C12H24N2O2. The Morgan fingerprint density at radius 1 is 0.938 bits per heavy atom. The number of hydrogen-bond donors (Lipinski definition) is 1. The van der Waals surface area contributed by atoms with Gasteiger partial charge in [0.15, 0.2) is 0 Å². The molecule has 0 radical (unpaired) electrons. The third kappa shape index (κ3) is 2.56. The van der Waals surface area contributed by atoms with Gasteiger partial charge >= 0.3 is 0 Å². The zero-order valence-corrected chi connectivity index (χ0v) is 10.4. The molecule has 2 unspecified atom stereocenters. The molecule has 1 saturated heterocycles. The predicted molar refractivity (Wildman–Crippen MR) is 63.4 cm³/mol. The highest BCUT2D eigenvalue weighted by molar-refractivity contribution is 4.91. The average molecular weight is 228 g/mol. The van der Waals surface area contributed by atoms with Crippen LogP contribution >= 0.6 is 0 Å². The molecule has 1 heterocycles. The molecule has 0 amide bonds. The van der Waals surface area contributed by atoms with Crippen LogP contribution in [0.1, 0.15) is 25.7 Å². The van der Waals surface area contributed by atoms with E-state index in [0.717, 1.165) is 25.9 Å². The lowest BCUT2D eigenvalue weighted by atomic mass is 9.91. The van der Waals surface area contributed by atoms with Crippen molar-refractivity contribution in [2.24, 2.45) is 5.73 Å². The van der Waals surface area contributed by atoms with Gasteiger partial charge in [-0.15, -0.1) is 0 Å². The second-order valence-corrected chi connectivity index (χ2v) is 5.07. The third-order valence-corrected chi connectivity index (χ3v) is 4.11. The zero-order valence-electron chi connectivity index (χ0n) is 10.4. The van der Waals surface area contributed by atoms with Crippen LogP contribution in [0.5, 0.6) is 0 Å². The summed E-state index contributed by atoms with van der Waals surface area (Å²) in [6.45, 7) is 2.02. The summed E-state index contributed by atoms with van der Waals surface area (Å²) in [5.74, 6) is 0. The molecule has 2 fully saturated rings. The Bertz CT molecular complexity index is 205. The molecule has 1 aliphatic carbocycles. The molecule has 16 heavy (non-hydrogen) atoms. The second-order valence-electron chi connectivity index (χ2n) is 5.07. The summed E-state index contributed by atoms with van der Waals surface area (Å²) in [5, 5.41) is 0. The van der Waals surface area contributed by atoms with Crippen LogP contribution in [0.3, 0.4) is 0 Å². The molecule has 0 aromatic heterocycles. The molecule has 2 aliphatic rings. The van der Waals surface area contributed by atoms with Gasteiger partial charge in [0.25, 0.3) is 0 Å². The summed E-state index contributed by atoms with van der Waals surface area (Å²) >= 11 is 0. The highest BCUT2D eigenvalue weighted by Crippen LogP contribution is 2.26. The van der Waals surface area contributed by atoms with Gasteiger partial charge in [-0.3, -0.25) is 4.90 Å². The number of rotatable bonds is 3. The van der Waals surface area contributed by atoms with Crippen molar-refractivity contribution >= 4 is 0 Å². The van der Waals surface area contributed by atoms with E-state index in [1.165, 1.54) is 12.8 Å². The number of ether oxygens (including phenoxy) is 2. The number of nitrogens with zero attached hydrogens (tertiary/aromatic N) is 1. The summed E-state index contributed by atoms with van der Waals surface area (Å²) in [6, 6.07) is 1.12. The Kier molecular flexibility index (Phi) is 4.19. The first-order valence-corrected chi connectivity index (χ1v) is 6.29. The number of methoxy groups -OCH3 is 2. The molecule has 0 aromatic carbocycles. The molecule has 2 atom stereocenters. The molecule has 0 bridgehead atoms. The van der Waals surface area contributed by atoms with Gasteiger partial charge in [-0.1, -0.05) is 0 Å². The summed E-state index contributed by atoms with van der Waals surface area (Å²) in [5.41, 5.74) is 5.93. The van der Waals surface area contributed by atoms with Gasteiger partial charge in [0.1, 0.15) is 0 Å². The van der Waals surface area contributed by atoms with E-state index in [2.05, 4.69) is 4.90 Å². The molecule has 1 aliphatic heterocycles. The molecule has 94 valence electrons. The fraction of sp³-hybridized carbons (Fsp3) is 1.00. The van der Waals surface area contributed by atoms with Crippen LogP contribution < -0.4 is 5.73 Å². The summed E-state index contributed by atoms with van der Waals surface area (Å²) in [4.78, 5) is 2.52. The maximum absolute atomic E-state index is 5.93. The highest BCUT2D eigenvalue weighted by atomic mass is 16.5. The van der Waals surface area contributed by atoms with Crippen molar-refractivity contribution < 1.29 is 9.47 Å². The summed E-state index contributed by atoms with van der Waals surface area (Å²) in [7, 11) is 3.55. The van der Waals surface area contributed by atoms with Crippen molar-refractivity contribution in [2.75, 3.05) is 27.3 Å². The Labute approximate surface area is 98.1 Å². The normalized spacial score (nSPS) is 41.4. The molecular weight excluding hydrogens is 204 g/mol. The monoisotopic (exact) mass is 228 g/mol. The van der Waals surface area contributed by atoms with Crippen LogP contribution in [0.15, 0.2) is 0 Å². The minimum Gasteiger partial charge on any atom is -0.377 e. The average Bonchev–Trinajstić information content (AvgIpc) is 2.73. The van der Waals surface area contributed by atoms with Crippen molar-refractivity contribution in [3.8, 4) is 0 Å². The fourth-order valence-electron chi connectivity index (χ4n) is 2.99. The predicted octanol–water partition coefficient (Wildman–Crippen LogP) is 0.602. The largest absolute Gasteiger partial charge is 0.377 e. The first-order chi connectivity index (χ1) is 7.74. The first-order valence-electron chi connectivity index (χ1n) is 6.29. The standard InChI is InChI=1S/C12H24N2O2/c1-15-11-7-14(8-12(11)16-2)10-5-3-9(13)4-6-10/h9-12H,3-8,13H2,1-2H3. The summed E-state index contributed by atoms with van der Waals surface area (Å²) < 4.78 is 10.9. The quantitative estimate of drug-likeness (QED) is 0.768. The molecule has 4 nitrogen and oxygen atoms in total. The van der Waals surface area contributed by atoms with Gasteiger partial charge in [-0.25, -0.2) is 0 Å². The maximum atomic E-state index is 5.93. The Morgan fingerprint density at radius 2 is 1.44 bits per heavy atom. The zero-order chi connectivity index (χ0) is 11.5. The third-order valence-electron chi connectivity index (χ3n) is 4.11. The van der Waals surface area contributed by atoms with Crippen molar-refractivity contribution in [3.05, 3.63) is 0 Å². The van der Waals surface area contributed by atoms with E-state index in [0.29, 0.717) is 12.1 Å². The smallest absolute Gasteiger partial charge is 0.0971 e. The van der Waals surface area contributed by atoms with Crippen LogP contribution in [0.25, 0.3) is 0 Å². The van der Waals surface area contributed by atoms with Crippen molar-refractivity contribution in [3.63, 3.8) is 0 Å². The van der Waals surface area contributed by atoms with Crippen molar-refractivity contribution in [1.29, 1.82) is 0 Å². The molecule has 0 spiro atoms. The van der Waals surface area contributed by atoms with Crippen LogP contribution in [0, 0.1) is 0 Å². The van der Waals surface area contributed by atoms with Gasteiger partial charge < -0.3 is 15.2 Å². The molecule has 2 N–H and O–H groups in total. The van der Waals surface area contributed by atoms with Crippen LogP contribution in [0.2, 0.25) is 0 Å². The van der Waals surface area contributed by atoms with E-state index in [1.807, 2.05) is 0 Å². The maximum Gasteiger partial charge on any atom is 0.0971 e. The van der Waals surface area contributed by atoms with E-state index in [4.69, 9.17) is 15.2 Å². The van der Waals surface area contributed by atoms with Crippen LogP contribution in [-0.2, 0) is 9.47 Å². The van der Waals surface area contributed by atoms with E-state index in [9.17, 15) is 0 Å². The lowest BCUT2D eigenvalue weighted by molar-refractivity contribution is -0.00461.